The number of hydrogen-bond acceptors (Lipinski definition) is 8. The van der Waals surface area contributed by atoms with Gasteiger partial charge in [-0.3, -0.25) is 0 Å². The number of ether oxygens (including phenoxy) is 3. The quantitative estimate of drug-likeness (QED) is 0.348. The van der Waals surface area contributed by atoms with Crippen LogP contribution in [0.4, 0.5) is 14.7 Å². The van der Waals surface area contributed by atoms with Gasteiger partial charge >= 0.3 is 0 Å². The molecule has 0 atom stereocenters. The number of hydrogen-bond donors (Lipinski definition) is 2. The summed E-state index contributed by atoms with van der Waals surface area (Å²) in [7, 11) is -1.83. The number of rotatable bonds is 9. The summed E-state index contributed by atoms with van der Waals surface area (Å²) in [6.07, 6.45) is 1.74. The van der Waals surface area contributed by atoms with Crippen molar-refractivity contribution in [2.24, 2.45) is 0 Å². The molecule has 4 aromatic rings. The molecule has 0 aliphatic carbocycles. The fraction of sp³-hybridized carbons (Fsp3) is 0.211. The van der Waals surface area contributed by atoms with Gasteiger partial charge in [-0.15, -0.1) is 0 Å². The first-order valence-corrected chi connectivity index (χ1v) is 11.3. The maximum absolute atomic E-state index is 13.2. The van der Waals surface area contributed by atoms with Gasteiger partial charge in [0.1, 0.15) is 17.2 Å². The van der Waals surface area contributed by atoms with Crippen molar-refractivity contribution in [1.82, 2.24) is 24.7 Å². The van der Waals surface area contributed by atoms with Crippen LogP contribution in [0.2, 0.25) is 5.02 Å². The molecule has 0 spiro atoms. The van der Waals surface area contributed by atoms with Gasteiger partial charge in [-0.2, -0.15) is 15.1 Å². The molecule has 0 radical (unpaired) electrons. The highest BCUT2D eigenvalue weighted by molar-refractivity contribution is 7.93. The van der Waals surface area contributed by atoms with Crippen molar-refractivity contribution < 1.29 is 31.4 Å². The van der Waals surface area contributed by atoms with Crippen LogP contribution in [-0.4, -0.2) is 60.4 Å². The zero-order chi connectivity index (χ0) is 24.5. The van der Waals surface area contributed by atoms with Gasteiger partial charge in [0.15, 0.2) is 0 Å². The van der Waals surface area contributed by atoms with Gasteiger partial charge in [0, 0.05) is 24.0 Å². The Balaban J connectivity index is 1.73. The Hall–Kier alpha value is -3.65. The summed E-state index contributed by atoms with van der Waals surface area (Å²) in [4.78, 5) is 10.6. The Morgan fingerprint density at radius 2 is 1.91 bits per heavy atom. The summed E-state index contributed by atoms with van der Waals surface area (Å²) in [5, 5.41) is 4.84. The third-order valence-corrected chi connectivity index (χ3v) is 6.21. The second-order valence-electron chi connectivity index (χ2n) is 6.62. The molecule has 15 heteroatoms. The van der Waals surface area contributed by atoms with Crippen molar-refractivity contribution in [3.8, 4) is 23.2 Å². The number of nitrogens with one attached hydrogen (secondary N) is 2. The fourth-order valence-corrected chi connectivity index (χ4v) is 4.52. The predicted molar refractivity (Wildman–Crippen MR) is 118 cm³/mol. The first-order chi connectivity index (χ1) is 16.2. The van der Waals surface area contributed by atoms with E-state index in [-0.39, 0.29) is 22.4 Å². The third kappa shape index (κ3) is 4.41. The summed E-state index contributed by atoms with van der Waals surface area (Å²) in [6.45, 7) is -0.961. The molecule has 3 aromatic heterocycles. The molecule has 0 aliphatic heterocycles. The lowest BCUT2D eigenvalue weighted by atomic mass is 10.2. The Morgan fingerprint density at radius 3 is 2.50 bits per heavy atom. The molecule has 11 nitrogen and oxygen atoms in total. The number of halogens is 3. The van der Waals surface area contributed by atoms with Crippen molar-refractivity contribution in [3.05, 3.63) is 41.8 Å². The minimum atomic E-state index is -4.23. The van der Waals surface area contributed by atoms with Gasteiger partial charge in [0.05, 0.1) is 24.8 Å². The van der Waals surface area contributed by atoms with Gasteiger partial charge < -0.3 is 19.2 Å². The van der Waals surface area contributed by atoms with E-state index in [9.17, 15) is 17.2 Å². The van der Waals surface area contributed by atoms with Crippen molar-refractivity contribution in [2.45, 2.75) is 11.3 Å². The molecule has 2 N–H and O–H groups in total. The van der Waals surface area contributed by atoms with Gasteiger partial charge in [0.25, 0.3) is 28.2 Å². The van der Waals surface area contributed by atoms with Crippen LogP contribution < -0.4 is 18.9 Å². The number of nitrogens with zero attached hydrogens (tertiary/aromatic N) is 4. The molecule has 0 saturated heterocycles. The zero-order valence-electron chi connectivity index (χ0n) is 17.6. The summed E-state index contributed by atoms with van der Waals surface area (Å²) in [5.41, 5.74) is 0.897. The molecule has 0 aliphatic rings. The van der Waals surface area contributed by atoms with Gasteiger partial charge in [-0.05, 0) is 18.2 Å². The average Bonchev–Trinajstić information content (AvgIpc) is 3.47. The van der Waals surface area contributed by atoms with Crippen LogP contribution in [0, 0.1) is 0 Å². The van der Waals surface area contributed by atoms with E-state index >= 15 is 0 Å². The minimum Gasteiger partial charge on any atom is -0.478 e. The van der Waals surface area contributed by atoms with Gasteiger partial charge in [0.2, 0.25) is 11.7 Å². The van der Waals surface area contributed by atoms with Crippen molar-refractivity contribution in [2.75, 3.05) is 25.5 Å². The maximum atomic E-state index is 13.2. The predicted octanol–water partition coefficient (Wildman–Crippen LogP) is 3.26. The normalized spacial score (nSPS) is 11.7. The van der Waals surface area contributed by atoms with E-state index < -0.39 is 29.0 Å². The number of benzene rings is 1. The van der Waals surface area contributed by atoms with Crippen molar-refractivity contribution in [3.63, 3.8) is 0 Å². The van der Waals surface area contributed by atoms with Crippen LogP contribution in [0.1, 0.15) is 0 Å². The lowest BCUT2D eigenvalue weighted by molar-refractivity contribution is 0.0781. The highest BCUT2D eigenvalue weighted by Gasteiger charge is 2.26. The van der Waals surface area contributed by atoms with E-state index in [4.69, 9.17) is 25.8 Å². The topological polar surface area (TPSA) is 133 Å². The first kappa shape index (κ1) is 23.5. The standard InChI is InChI=1S/C19H17ClF2N6O5S/c1-31-17-16(33-9-13(21)22)18(32-2)26-19(25-17)27-34(29,30)12-8-23-14-10(12)4-5-11(20)15(14)28-7-3-6-24-28/h3-8,13,23H,9H2,1-2H3,(H,25,26,27). The Labute approximate surface area is 196 Å². The molecular formula is C19H17ClF2N6O5S. The lowest BCUT2D eigenvalue weighted by Crippen LogP contribution is -2.16. The Morgan fingerprint density at radius 1 is 1.21 bits per heavy atom. The van der Waals surface area contributed by atoms with E-state index in [1.807, 2.05) is 0 Å². The van der Waals surface area contributed by atoms with E-state index in [1.54, 1.807) is 30.6 Å². The van der Waals surface area contributed by atoms with E-state index in [1.165, 1.54) is 25.1 Å². The molecule has 34 heavy (non-hydrogen) atoms. The van der Waals surface area contributed by atoms with E-state index in [2.05, 4.69) is 24.8 Å². The summed E-state index contributed by atoms with van der Waals surface area (Å²) < 4.78 is 70.3. The molecular weight excluding hydrogens is 498 g/mol. The van der Waals surface area contributed by atoms with Crippen LogP contribution in [0.15, 0.2) is 41.7 Å². The Bertz CT molecular complexity index is 1400. The van der Waals surface area contributed by atoms with Crippen molar-refractivity contribution >= 4 is 38.5 Å². The number of sulfonamides is 1. The van der Waals surface area contributed by atoms with Crippen LogP contribution >= 0.6 is 11.6 Å². The number of alkyl halides is 2. The number of methoxy groups -OCH3 is 2. The third-order valence-electron chi connectivity index (χ3n) is 4.53. The van der Waals surface area contributed by atoms with Gasteiger partial charge in [-0.25, -0.2) is 26.6 Å². The molecule has 0 saturated carbocycles. The molecule has 3 heterocycles. The second-order valence-corrected chi connectivity index (χ2v) is 8.68. The number of aromatic nitrogens is 5. The molecule has 0 bridgehead atoms. The molecule has 1 aromatic carbocycles. The zero-order valence-corrected chi connectivity index (χ0v) is 19.2. The van der Waals surface area contributed by atoms with E-state index in [0.29, 0.717) is 21.6 Å². The van der Waals surface area contributed by atoms with Crippen molar-refractivity contribution in [1.29, 1.82) is 0 Å². The average molecular weight is 515 g/mol. The fourth-order valence-electron chi connectivity index (χ4n) is 3.16. The summed E-state index contributed by atoms with van der Waals surface area (Å²) in [5.74, 6) is -1.30. The molecule has 0 amide bonds. The monoisotopic (exact) mass is 514 g/mol. The van der Waals surface area contributed by atoms with Crippen LogP contribution in [0.3, 0.4) is 0 Å². The lowest BCUT2D eigenvalue weighted by Gasteiger charge is -2.14. The van der Waals surface area contributed by atoms with Crippen LogP contribution in [0.25, 0.3) is 16.6 Å². The minimum absolute atomic E-state index is 0.118. The number of H-pyrrole nitrogens is 1. The Kier molecular flexibility index (Phi) is 6.43. The van der Waals surface area contributed by atoms with Crippen LogP contribution in [0.5, 0.6) is 17.5 Å². The molecule has 180 valence electrons. The van der Waals surface area contributed by atoms with Crippen LogP contribution in [-0.2, 0) is 10.0 Å². The number of anilines is 1. The van der Waals surface area contributed by atoms with E-state index in [0.717, 1.165) is 0 Å². The second kappa shape index (κ2) is 9.30. The largest absolute Gasteiger partial charge is 0.478 e. The first-order valence-electron chi connectivity index (χ1n) is 9.48. The highest BCUT2D eigenvalue weighted by Crippen LogP contribution is 2.37. The number of fused-ring (bicyclic) bond motifs is 1. The highest BCUT2D eigenvalue weighted by atomic mass is 35.5. The van der Waals surface area contributed by atoms with Gasteiger partial charge in [-0.1, -0.05) is 11.6 Å². The summed E-state index contributed by atoms with van der Waals surface area (Å²) in [6, 6.07) is 4.79. The smallest absolute Gasteiger partial charge is 0.272 e. The molecule has 4 rings (SSSR count). The molecule has 0 unspecified atom stereocenters. The molecule has 0 fully saturated rings. The maximum Gasteiger partial charge on any atom is 0.272 e. The summed E-state index contributed by atoms with van der Waals surface area (Å²) >= 11 is 6.32. The number of aromatic amines is 1. The SMILES string of the molecule is COc1nc(NS(=O)(=O)c2c[nH]c3c(-n4cccn4)c(Cl)ccc23)nc(OC)c1OCC(F)F.